The SMILES string of the molecule is CC(C)Cc1ccc(CCN2CC=C(c3cccc(C(F)(F)F)c3)CC23OC(=O)C(=O)O3)cc1CC(C)C. The van der Waals surface area contributed by atoms with Crippen molar-refractivity contribution in [2.24, 2.45) is 11.8 Å². The van der Waals surface area contributed by atoms with Gasteiger partial charge in [0.05, 0.1) is 12.0 Å². The zero-order valence-corrected chi connectivity index (χ0v) is 22.2. The summed E-state index contributed by atoms with van der Waals surface area (Å²) in [4.78, 5) is 25.9. The normalized spacial score (nSPS) is 17.8. The molecule has 204 valence electrons. The molecule has 0 N–H and O–H groups in total. The molecule has 2 aliphatic heterocycles. The third kappa shape index (κ3) is 6.29. The van der Waals surface area contributed by atoms with Crippen LogP contribution < -0.4 is 0 Å². The van der Waals surface area contributed by atoms with Crippen LogP contribution in [0.3, 0.4) is 0 Å². The third-order valence-electron chi connectivity index (χ3n) is 6.88. The Morgan fingerprint density at radius 3 is 2.21 bits per heavy atom. The van der Waals surface area contributed by atoms with Gasteiger partial charge in [0, 0.05) is 13.1 Å². The number of halogens is 3. The molecule has 2 aromatic rings. The summed E-state index contributed by atoms with van der Waals surface area (Å²) in [5, 5.41) is 0. The van der Waals surface area contributed by atoms with E-state index in [1.54, 1.807) is 17.0 Å². The van der Waals surface area contributed by atoms with E-state index in [1.165, 1.54) is 17.2 Å². The second-order valence-corrected chi connectivity index (χ2v) is 11.0. The number of alkyl halides is 3. The number of benzene rings is 2. The minimum atomic E-state index is -4.49. The molecule has 0 radical (unpaired) electrons. The fourth-order valence-corrected chi connectivity index (χ4v) is 5.12. The quantitative estimate of drug-likeness (QED) is 0.302. The van der Waals surface area contributed by atoms with Crippen LogP contribution in [-0.4, -0.2) is 35.8 Å². The largest absolute Gasteiger partial charge is 0.421 e. The number of hydrogen-bond acceptors (Lipinski definition) is 5. The van der Waals surface area contributed by atoms with Crippen LogP contribution in [0.4, 0.5) is 13.2 Å². The maximum Gasteiger partial charge on any atom is 0.421 e. The molecule has 0 saturated carbocycles. The van der Waals surface area contributed by atoms with E-state index >= 15 is 0 Å². The van der Waals surface area contributed by atoms with Crippen molar-refractivity contribution in [3.63, 3.8) is 0 Å². The maximum absolute atomic E-state index is 13.3. The first-order chi connectivity index (χ1) is 17.9. The number of nitrogens with zero attached hydrogens (tertiary/aromatic N) is 1. The van der Waals surface area contributed by atoms with Gasteiger partial charge < -0.3 is 9.47 Å². The van der Waals surface area contributed by atoms with Gasteiger partial charge in [-0.1, -0.05) is 64.1 Å². The van der Waals surface area contributed by atoms with Crippen molar-refractivity contribution in [1.29, 1.82) is 0 Å². The number of rotatable bonds is 8. The van der Waals surface area contributed by atoms with Gasteiger partial charge in [-0.15, -0.1) is 0 Å². The minimum absolute atomic E-state index is 0.0578. The highest BCUT2D eigenvalue weighted by molar-refractivity contribution is 6.31. The lowest BCUT2D eigenvalue weighted by molar-refractivity contribution is -0.246. The smallest absolute Gasteiger partial charge is 0.399 e. The second kappa shape index (κ2) is 10.9. The van der Waals surface area contributed by atoms with Crippen LogP contribution in [0.1, 0.15) is 61.9 Å². The van der Waals surface area contributed by atoms with Crippen LogP contribution >= 0.6 is 0 Å². The predicted octanol–water partition coefficient (Wildman–Crippen LogP) is 6.19. The van der Waals surface area contributed by atoms with Gasteiger partial charge in [-0.25, -0.2) is 14.5 Å². The van der Waals surface area contributed by atoms with E-state index in [1.807, 2.05) is 0 Å². The molecule has 2 heterocycles. The first kappa shape index (κ1) is 27.9. The molecule has 5 nitrogen and oxygen atoms in total. The summed E-state index contributed by atoms with van der Waals surface area (Å²) >= 11 is 0. The lowest BCUT2D eigenvalue weighted by Crippen LogP contribution is -2.53. The number of carbonyl (C=O) groups is 2. The van der Waals surface area contributed by atoms with Gasteiger partial charge in [0.2, 0.25) is 0 Å². The van der Waals surface area contributed by atoms with Gasteiger partial charge in [-0.2, -0.15) is 13.2 Å². The predicted molar refractivity (Wildman–Crippen MR) is 138 cm³/mol. The Labute approximate surface area is 221 Å². The highest BCUT2D eigenvalue weighted by Crippen LogP contribution is 2.40. The summed E-state index contributed by atoms with van der Waals surface area (Å²) in [6.07, 6.45) is -0.139. The van der Waals surface area contributed by atoms with Gasteiger partial charge in [0.15, 0.2) is 0 Å². The van der Waals surface area contributed by atoms with Crippen LogP contribution in [0.15, 0.2) is 48.5 Å². The molecule has 0 aliphatic carbocycles. The number of esters is 2. The zero-order chi connectivity index (χ0) is 27.7. The molecule has 8 heteroatoms. The number of hydrogen-bond donors (Lipinski definition) is 0. The molecule has 2 aromatic carbocycles. The Balaban J connectivity index is 1.58. The fourth-order valence-electron chi connectivity index (χ4n) is 5.12. The monoisotopic (exact) mass is 529 g/mol. The molecule has 38 heavy (non-hydrogen) atoms. The van der Waals surface area contributed by atoms with Gasteiger partial charge >= 0.3 is 24.0 Å². The highest BCUT2D eigenvalue weighted by atomic mass is 19.4. The average molecular weight is 530 g/mol. The van der Waals surface area contributed by atoms with Gasteiger partial charge in [-0.05, 0) is 71.1 Å². The fraction of sp³-hybridized carbons (Fsp3) is 0.467. The standard InChI is InChI=1S/C30H34F3NO4/c1-19(2)14-23-9-8-21(16-25(23)15-20(3)4)10-12-34-13-11-24(18-29(34)37-27(35)28(36)38-29)22-6-5-7-26(17-22)30(31,32)33/h5-9,11,16-17,19-20H,10,12-15,18H2,1-4H3. The van der Waals surface area contributed by atoms with E-state index in [2.05, 4.69) is 45.9 Å². The summed E-state index contributed by atoms with van der Waals surface area (Å²) in [5.74, 6) is -2.82. The molecular weight excluding hydrogens is 495 g/mol. The van der Waals surface area contributed by atoms with Crippen molar-refractivity contribution in [3.8, 4) is 0 Å². The second-order valence-electron chi connectivity index (χ2n) is 11.0. The topological polar surface area (TPSA) is 55.8 Å². The van der Waals surface area contributed by atoms with Crippen LogP contribution in [0.5, 0.6) is 0 Å². The molecule has 0 bridgehead atoms. The third-order valence-corrected chi connectivity index (χ3v) is 6.88. The zero-order valence-electron chi connectivity index (χ0n) is 22.2. The van der Waals surface area contributed by atoms with Crippen molar-refractivity contribution < 1.29 is 32.2 Å². The molecule has 1 fully saturated rings. The van der Waals surface area contributed by atoms with E-state index in [-0.39, 0.29) is 13.0 Å². The molecule has 2 aliphatic rings. The summed E-state index contributed by atoms with van der Waals surface area (Å²) in [6.45, 7) is 9.47. The van der Waals surface area contributed by atoms with Crippen molar-refractivity contribution in [2.45, 2.75) is 65.5 Å². The van der Waals surface area contributed by atoms with Gasteiger partial charge in [0.25, 0.3) is 0 Å². The van der Waals surface area contributed by atoms with Crippen molar-refractivity contribution in [1.82, 2.24) is 4.90 Å². The van der Waals surface area contributed by atoms with Crippen LogP contribution in [0, 0.1) is 11.8 Å². The molecule has 4 rings (SSSR count). The minimum Gasteiger partial charge on any atom is -0.399 e. The van der Waals surface area contributed by atoms with Crippen LogP contribution in [0.2, 0.25) is 0 Å². The molecule has 0 amide bonds. The Kier molecular flexibility index (Phi) is 8.02. The number of carbonyl (C=O) groups excluding carboxylic acids is 2. The Morgan fingerprint density at radius 2 is 1.58 bits per heavy atom. The summed E-state index contributed by atoms with van der Waals surface area (Å²) in [6, 6.07) is 11.5. The van der Waals surface area contributed by atoms with Crippen molar-refractivity contribution >= 4 is 17.5 Å². The summed E-state index contributed by atoms with van der Waals surface area (Å²) < 4.78 is 50.7. The lowest BCUT2D eigenvalue weighted by atomic mass is 9.90. The van der Waals surface area contributed by atoms with Gasteiger partial charge in [-0.3, -0.25) is 0 Å². The molecule has 0 unspecified atom stereocenters. The Morgan fingerprint density at radius 1 is 0.921 bits per heavy atom. The van der Waals surface area contributed by atoms with E-state index in [0.29, 0.717) is 35.9 Å². The lowest BCUT2D eigenvalue weighted by Gasteiger charge is -2.40. The first-order valence-electron chi connectivity index (χ1n) is 13.0. The molecule has 1 spiro atoms. The summed E-state index contributed by atoms with van der Waals surface area (Å²) in [7, 11) is 0. The van der Waals surface area contributed by atoms with E-state index < -0.39 is 29.6 Å². The van der Waals surface area contributed by atoms with Crippen LogP contribution in [0.25, 0.3) is 5.57 Å². The first-order valence-corrected chi connectivity index (χ1v) is 13.0. The Hall–Kier alpha value is -3.13. The van der Waals surface area contributed by atoms with E-state index in [0.717, 1.165) is 30.5 Å². The van der Waals surface area contributed by atoms with E-state index in [9.17, 15) is 22.8 Å². The maximum atomic E-state index is 13.3. The van der Waals surface area contributed by atoms with E-state index in [4.69, 9.17) is 9.47 Å². The van der Waals surface area contributed by atoms with Crippen molar-refractivity contribution in [2.75, 3.05) is 13.1 Å². The van der Waals surface area contributed by atoms with Crippen molar-refractivity contribution in [3.05, 3.63) is 76.4 Å². The Bertz CT molecular complexity index is 1220. The molecular formula is C30H34F3NO4. The van der Waals surface area contributed by atoms with Crippen LogP contribution in [-0.2, 0) is 44.5 Å². The molecule has 0 aromatic heterocycles. The van der Waals surface area contributed by atoms with Gasteiger partial charge in [0.1, 0.15) is 0 Å². The average Bonchev–Trinajstić information content (AvgIpc) is 3.11. The molecule has 0 atom stereocenters. The number of ether oxygens (including phenoxy) is 2. The summed E-state index contributed by atoms with van der Waals surface area (Å²) in [5.41, 5.74) is 3.88. The molecule has 1 saturated heterocycles. The highest BCUT2D eigenvalue weighted by Gasteiger charge is 2.54.